The van der Waals surface area contributed by atoms with E-state index < -0.39 is 5.97 Å². The second-order valence-electron chi connectivity index (χ2n) is 5.03. The molecule has 0 radical (unpaired) electrons. The lowest BCUT2D eigenvalue weighted by atomic mass is 10.2. The second-order valence-corrected chi connectivity index (χ2v) is 5.44. The number of esters is 1. The molecule has 3 aromatic rings. The molecule has 2 aromatic carbocycles. The number of allylic oxidation sites excluding steroid dienone is 1. The number of fused-ring (bicyclic) bond motifs is 1. The number of nitrogens with one attached hydrogen (secondary N) is 1. The number of ether oxygens (including phenoxy) is 1. The lowest BCUT2D eigenvalue weighted by Crippen LogP contribution is -2.03. The van der Waals surface area contributed by atoms with Crippen molar-refractivity contribution in [3.05, 3.63) is 65.1 Å². The van der Waals surface area contributed by atoms with Crippen LogP contribution in [-0.4, -0.2) is 24.3 Å². The zero-order valence-corrected chi connectivity index (χ0v) is 13.9. The van der Waals surface area contributed by atoms with Crippen LogP contribution in [0, 0.1) is 0 Å². The summed E-state index contributed by atoms with van der Waals surface area (Å²) in [6.07, 6.45) is 2.08. The van der Waals surface area contributed by atoms with Gasteiger partial charge in [0.1, 0.15) is 5.52 Å². The van der Waals surface area contributed by atoms with E-state index in [1.165, 1.54) is 19.4 Å². The molecule has 0 unspecified atom stereocenters. The predicted octanol–water partition coefficient (Wildman–Crippen LogP) is 3.92. The molecule has 0 atom stereocenters. The molecule has 0 aliphatic heterocycles. The Balaban J connectivity index is 1.88. The highest BCUT2D eigenvalue weighted by atomic mass is 35.5. The number of aromatic nitrogens is 1. The van der Waals surface area contributed by atoms with Crippen LogP contribution in [0.25, 0.3) is 16.7 Å². The van der Waals surface area contributed by atoms with Gasteiger partial charge in [-0.05, 0) is 30.3 Å². The van der Waals surface area contributed by atoms with Gasteiger partial charge < -0.3 is 14.5 Å². The summed E-state index contributed by atoms with van der Waals surface area (Å²) in [7, 11) is 1.27. The summed E-state index contributed by atoms with van der Waals surface area (Å²) >= 11 is 5.98. The molecule has 25 heavy (non-hydrogen) atoms. The number of nitrogens with zero attached hydrogens (tertiary/aromatic N) is 1. The maximum atomic E-state index is 11.7. The number of benzene rings is 2. The smallest absolute Gasteiger partial charge is 0.339 e. The van der Waals surface area contributed by atoms with Crippen LogP contribution < -0.4 is 5.32 Å². The van der Waals surface area contributed by atoms with Crippen LogP contribution in [0.15, 0.2) is 53.1 Å². The first-order valence-electron chi connectivity index (χ1n) is 7.28. The van der Waals surface area contributed by atoms with E-state index in [1.54, 1.807) is 24.3 Å². The van der Waals surface area contributed by atoms with Crippen molar-refractivity contribution in [1.82, 2.24) is 4.98 Å². The second kappa shape index (κ2) is 7.19. The number of methoxy groups -OCH3 is 1. The molecule has 126 valence electrons. The summed E-state index contributed by atoms with van der Waals surface area (Å²) in [5.74, 6) is -0.349. The minimum atomic E-state index is -0.549. The first-order valence-corrected chi connectivity index (χ1v) is 7.66. The van der Waals surface area contributed by atoms with Crippen LogP contribution in [0.3, 0.4) is 0 Å². The molecule has 0 bridgehead atoms. The molecule has 6 nitrogen and oxygen atoms in total. The van der Waals surface area contributed by atoms with Crippen LogP contribution in [0.1, 0.15) is 16.2 Å². The number of hydrogen-bond acceptors (Lipinski definition) is 6. The minimum absolute atomic E-state index is 0.200. The van der Waals surface area contributed by atoms with Crippen LogP contribution >= 0.6 is 11.6 Å². The largest absolute Gasteiger partial charge is 0.465 e. The Hall–Kier alpha value is -3.12. The van der Waals surface area contributed by atoms with Crippen molar-refractivity contribution in [3.8, 4) is 0 Å². The summed E-state index contributed by atoms with van der Waals surface area (Å²) < 4.78 is 10.2. The van der Waals surface area contributed by atoms with Gasteiger partial charge in [-0.15, -0.1) is 0 Å². The summed E-state index contributed by atoms with van der Waals surface area (Å²) in [5, 5.41) is 3.20. The van der Waals surface area contributed by atoms with E-state index in [1.807, 2.05) is 12.1 Å². The average molecular weight is 357 g/mol. The number of anilines is 1. The van der Waals surface area contributed by atoms with Crippen LogP contribution in [0.4, 0.5) is 5.69 Å². The highest BCUT2D eigenvalue weighted by Crippen LogP contribution is 2.23. The molecule has 0 saturated carbocycles. The van der Waals surface area contributed by atoms with Gasteiger partial charge in [0.05, 0.1) is 23.3 Å². The number of para-hydroxylation sites is 2. The van der Waals surface area contributed by atoms with E-state index in [0.717, 1.165) is 0 Å². The third-order valence-electron chi connectivity index (χ3n) is 3.43. The van der Waals surface area contributed by atoms with Gasteiger partial charge in [0, 0.05) is 11.9 Å². The number of rotatable bonds is 5. The molecule has 7 heteroatoms. The number of halogens is 1. The van der Waals surface area contributed by atoms with Crippen LogP contribution in [0.2, 0.25) is 5.02 Å². The van der Waals surface area contributed by atoms with Crippen LogP contribution in [-0.2, 0) is 9.53 Å². The number of carbonyl (C=O) groups is 2. The Labute approximate surface area is 148 Å². The van der Waals surface area contributed by atoms with Crippen molar-refractivity contribution < 1.29 is 18.7 Å². The maximum Gasteiger partial charge on any atom is 0.339 e. The maximum absolute atomic E-state index is 11.7. The van der Waals surface area contributed by atoms with E-state index in [0.29, 0.717) is 23.1 Å². The van der Waals surface area contributed by atoms with Gasteiger partial charge in [-0.25, -0.2) is 9.78 Å². The van der Waals surface area contributed by atoms with E-state index in [2.05, 4.69) is 15.0 Å². The first kappa shape index (κ1) is 16.7. The number of hydrogen-bond donors (Lipinski definition) is 1. The SMILES string of the molecule is COC(=O)c1cc(NC=C(C=O)c2nc3ccccc3o2)ccc1Cl. The van der Waals surface area contributed by atoms with Gasteiger partial charge in [0.15, 0.2) is 11.9 Å². The molecule has 0 fully saturated rings. The lowest BCUT2D eigenvalue weighted by Gasteiger charge is -2.06. The van der Waals surface area contributed by atoms with Crippen molar-refractivity contribution in [2.75, 3.05) is 12.4 Å². The molecular formula is C18H13ClN2O4. The predicted molar refractivity (Wildman–Crippen MR) is 94.5 cm³/mol. The van der Waals surface area contributed by atoms with E-state index >= 15 is 0 Å². The van der Waals surface area contributed by atoms with Crippen molar-refractivity contribution >= 4 is 46.2 Å². The van der Waals surface area contributed by atoms with Gasteiger partial charge in [-0.1, -0.05) is 23.7 Å². The fourth-order valence-corrected chi connectivity index (χ4v) is 2.38. The molecule has 1 heterocycles. The summed E-state index contributed by atoms with van der Waals surface area (Å²) in [6, 6.07) is 12.0. The molecule has 0 aliphatic carbocycles. The van der Waals surface area contributed by atoms with Gasteiger partial charge in [0.25, 0.3) is 0 Å². The van der Waals surface area contributed by atoms with E-state index in [4.69, 9.17) is 16.0 Å². The Bertz CT molecular complexity index is 945. The monoisotopic (exact) mass is 356 g/mol. The summed E-state index contributed by atoms with van der Waals surface area (Å²) in [5.41, 5.74) is 2.25. The summed E-state index contributed by atoms with van der Waals surface area (Å²) in [4.78, 5) is 27.3. The van der Waals surface area contributed by atoms with Crippen molar-refractivity contribution in [2.45, 2.75) is 0 Å². The normalized spacial score (nSPS) is 11.4. The van der Waals surface area contributed by atoms with E-state index in [9.17, 15) is 9.59 Å². The molecular weight excluding hydrogens is 344 g/mol. The topological polar surface area (TPSA) is 81.4 Å². The fourth-order valence-electron chi connectivity index (χ4n) is 2.18. The zero-order chi connectivity index (χ0) is 17.8. The third kappa shape index (κ3) is 3.54. The average Bonchev–Trinajstić information content (AvgIpc) is 3.06. The molecule has 0 aliphatic rings. The molecule has 1 N–H and O–H groups in total. The van der Waals surface area contributed by atoms with E-state index in [-0.39, 0.29) is 22.0 Å². The lowest BCUT2D eigenvalue weighted by molar-refractivity contribution is -0.103. The van der Waals surface area contributed by atoms with Gasteiger partial charge in [-0.2, -0.15) is 0 Å². The van der Waals surface area contributed by atoms with Crippen molar-refractivity contribution in [3.63, 3.8) is 0 Å². The molecule has 0 saturated heterocycles. The molecule has 1 aromatic heterocycles. The Morgan fingerprint density at radius 2 is 2.08 bits per heavy atom. The third-order valence-corrected chi connectivity index (χ3v) is 3.76. The van der Waals surface area contributed by atoms with Gasteiger partial charge >= 0.3 is 5.97 Å². The first-order chi connectivity index (χ1) is 12.1. The van der Waals surface area contributed by atoms with Crippen molar-refractivity contribution in [1.29, 1.82) is 0 Å². The van der Waals surface area contributed by atoms with Gasteiger partial charge in [-0.3, -0.25) is 4.79 Å². The number of aldehydes is 1. The highest BCUT2D eigenvalue weighted by molar-refractivity contribution is 6.33. The highest BCUT2D eigenvalue weighted by Gasteiger charge is 2.12. The molecule has 0 spiro atoms. The zero-order valence-electron chi connectivity index (χ0n) is 13.2. The standard InChI is InChI=1S/C18H13ClN2O4/c1-24-18(23)13-8-12(6-7-14(13)19)20-9-11(10-22)17-21-15-4-2-3-5-16(15)25-17/h2-10,20H,1H3. The number of oxazole rings is 1. The Kier molecular flexibility index (Phi) is 4.81. The molecule has 0 amide bonds. The quantitative estimate of drug-likeness (QED) is 0.424. The Morgan fingerprint density at radius 1 is 1.28 bits per heavy atom. The fraction of sp³-hybridized carbons (Fsp3) is 0.0556. The minimum Gasteiger partial charge on any atom is -0.465 e. The van der Waals surface area contributed by atoms with Crippen molar-refractivity contribution in [2.24, 2.45) is 0 Å². The Morgan fingerprint density at radius 3 is 2.80 bits per heavy atom. The van der Waals surface area contributed by atoms with Crippen LogP contribution in [0.5, 0.6) is 0 Å². The van der Waals surface area contributed by atoms with Gasteiger partial charge in [0.2, 0.25) is 5.89 Å². The molecule has 3 rings (SSSR count). The number of carbonyl (C=O) groups excluding carboxylic acids is 2. The summed E-state index contributed by atoms with van der Waals surface area (Å²) in [6.45, 7) is 0.